The highest BCUT2D eigenvalue weighted by Gasteiger charge is 2.47. The van der Waals surface area contributed by atoms with Gasteiger partial charge < -0.3 is 24.8 Å². The first-order chi connectivity index (χ1) is 20.3. The molecule has 4 atom stereocenters. The van der Waals surface area contributed by atoms with Gasteiger partial charge >= 0.3 is 12.1 Å². The Balaban J connectivity index is 1.72. The van der Waals surface area contributed by atoms with Crippen LogP contribution in [0.2, 0.25) is 0 Å². The van der Waals surface area contributed by atoms with Crippen molar-refractivity contribution in [2.24, 2.45) is 0 Å². The molecular weight excluding hydrogens is 552 g/mol. The number of hydrazine groups is 1. The molecule has 2 aliphatic heterocycles. The average molecular weight is 593 g/mol. The minimum Gasteiger partial charge on any atom is -0.471 e. The van der Waals surface area contributed by atoms with E-state index in [2.05, 4.69) is 10.6 Å². The summed E-state index contributed by atoms with van der Waals surface area (Å²) in [6.45, 7) is 8.99. The Hall–Kier alpha value is -4.38. The maximum absolute atomic E-state index is 14.0. The van der Waals surface area contributed by atoms with Crippen molar-refractivity contribution in [1.82, 2.24) is 20.7 Å². The number of hydrogen-bond donors (Lipinski definition) is 2. The molecule has 11 heteroatoms. The molecule has 1 fully saturated rings. The number of carbonyl (C=O) groups excluding carboxylic acids is 4. The SMILES string of the molecule is CC(=O)N[C@@H]1[C@@H](NC(=O)OC(C)(C)C)C=C(C(=O)OC(c2ccccc2)c2ccccc2)O[C@H]1C(=O)N1C(C)CCN1C. The average Bonchev–Trinajstić information content (AvgIpc) is 3.29. The van der Waals surface area contributed by atoms with Gasteiger partial charge in [-0.25, -0.2) is 14.6 Å². The van der Waals surface area contributed by atoms with E-state index in [0.717, 1.165) is 17.5 Å². The summed E-state index contributed by atoms with van der Waals surface area (Å²) in [5.41, 5.74) is 0.655. The molecule has 2 aliphatic rings. The van der Waals surface area contributed by atoms with E-state index in [-0.39, 0.29) is 11.8 Å². The van der Waals surface area contributed by atoms with Gasteiger partial charge in [0.1, 0.15) is 5.60 Å². The highest BCUT2D eigenvalue weighted by Crippen LogP contribution is 2.30. The summed E-state index contributed by atoms with van der Waals surface area (Å²) in [7, 11) is 1.78. The zero-order valence-electron chi connectivity index (χ0n) is 25.4. The predicted molar refractivity (Wildman–Crippen MR) is 158 cm³/mol. The molecule has 2 N–H and O–H groups in total. The maximum Gasteiger partial charge on any atom is 0.408 e. The fourth-order valence-corrected chi connectivity index (χ4v) is 5.21. The van der Waals surface area contributed by atoms with Crippen molar-refractivity contribution in [3.05, 3.63) is 83.6 Å². The number of esters is 1. The van der Waals surface area contributed by atoms with Crippen LogP contribution in [0.5, 0.6) is 0 Å². The molecule has 1 unspecified atom stereocenters. The molecule has 2 aromatic rings. The lowest BCUT2D eigenvalue weighted by Gasteiger charge is -2.40. The normalized spacial score (nSPS) is 22.3. The molecular formula is C32H40N4O7. The molecule has 0 aromatic heterocycles. The van der Waals surface area contributed by atoms with Crippen molar-refractivity contribution in [3.8, 4) is 0 Å². The van der Waals surface area contributed by atoms with Gasteiger partial charge in [-0.2, -0.15) is 0 Å². The Morgan fingerprint density at radius 3 is 2.02 bits per heavy atom. The minimum atomic E-state index is -1.36. The molecule has 0 spiro atoms. The Kier molecular flexibility index (Phi) is 9.75. The van der Waals surface area contributed by atoms with E-state index in [0.29, 0.717) is 6.54 Å². The first-order valence-electron chi connectivity index (χ1n) is 14.3. The highest BCUT2D eigenvalue weighted by molar-refractivity contribution is 5.90. The first-order valence-corrected chi connectivity index (χ1v) is 14.3. The molecule has 2 heterocycles. The summed E-state index contributed by atoms with van der Waals surface area (Å²) < 4.78 is 17.5. The zero-order chi connectivity index (χ0) is 31.3. The number of alkyl carbamates (subject to hydrolysis) is 1. The maximum atomic E-state index is 14.0. The Labute approximate surface area is 252 Å². The van der Waals surface area contributed by atoms with Gasteiger partial charge in [-0.1, -0.05) is 60.7 Å². The lowest BCUT2D eigenvalue weighted by atomic mass is 9.96. The topological polar surface area (TPSA) is 127 Å². The summed E-state index contributed by atoms with van der Waals surface area (Å²) >= 11 is 0. The van der Waals surface area contributed by atoms with E-state index in [4.69, 9.17) is 14.2 Å². The van der Waals surface area contributed by atoms with Crippen molar-refractivity contribution in [2.75, 3.05) is 13.6 Å². The van der Waals surface area contributed by atoms with Crippen molar-refractivity contribution < 1.29 is 33.4 Å². The largest absolute Gasteiger partial charge is 0.471 e. The smallest absolute Gasteiger partial charge is 0.408 e. The lowest BCUT2D eigenvalue weighted by molar-refractivity contribution is -0.163. The van der Waals surface area contributed by atoms with E-state index in [1.165, 1.54) is 13.0 Å². The van der Waals surface area contributed by atoms with Crippen molar-refractivity contribution in [2.45, 2.75) is 77.0 Å². The van der Waals surface area contributed by atoms with Gasteiger partial charge in [0.15, 0.2) is 6.10 Å². The van der Waals surface area contributed by atoms with Crippen LogP contribution in [0.3, 0.4) is 0 Å². The molecule has 0 saturated carbocycles. The van der Waals surface area contributed by atoms with Gasteiger partial charge in [0.05, 0.1) is 12.1 Å². The van der Waals surface area contributed by atoms with Gasteiger partial charge in [-0.3, -0.25) is 14.6 Å². The van der Waals surface area contributed by atoms with Gasteiger partial charge in [0.25, 0.3) is 5.91 Å². The van der Waals surface area contributed by atoms with Crippen LogP contribution in [0.4, 0.5) is 4.79 Å². The van der Waals surface area contributed by atoms with Crippen LogP contribution in [0.1, 0.15) is 58.3 Å². The number of ether oxygens (including phenoxy) is 3. The predicted octanol–water partition coefficient (Wildman–Crippen LogP) is 3.47. The lowest BCUT2D eigenvalue weighted by Crippen LogP contribution is -2.64. The zero-order valence-corrected chi connectivity index (χ0v) is 25.4. The van der Waals surface area contributed by atoms with E-state index < -0.39 is 53.8 Å². The van der Waals surface area contributed by atoms with E-state index in [1.807, 2.05) is 67.6 Å². The van der Waals surface area contributed by atoms with Crippen LogP contribution < -0.4 is 10.6 Å². The van der Waals surface area contributed by atoms with Gasteiger partial charge in [0, 0.05) is 26.6 Å². The summed E-state index contributed by atoms with van der Waals surface area (Å²) in [6.07, 6.45) is -0.835. The Bertz CT molecular complexity index is 1290. The van der Waals surface area contributed by atoms with Crippen LogP contribution in [0.25, 0.3) is 0 Å². The van der Waals surface area contributed by atoms with Crippen LogP contribution in [-0.2, 0) is 28.6 Å². The number of benzene rings is 2. The summed E-state index contributed by atoms with van der Waals surface area (Å²) in [4.78, 5) is 53.0. The second-order valence-electron chi connectivity index (χ2n) is 11.8. The van der Waals surface area contributed by atoms with E-state index in [9.17, 15) is 19.2 Å². The number of amides is 3. The molecule has 3 amide bonds. The fourth-order valence-electron chi connectivity index (χ4n) is 5.21. The molecule has 230 valence electrons. The van der Waals surface area contributed by atoms with Crippen LogP contribution in [0.15, 0.2) is 72.5 Å². The second kappa shape index (κ2) is 13.3. The third kappa shape index (κ3) is 7.92. The van der Waals surface area contributed by atoms with Crippen LogP contribution in [0, 0.1) is 0 Å². The Morgan fingerprint density at radius 2 is 1.53 bits per heavy atom. The third-order valence-corrected chi connectivity index (χ3v) is 7.11. The van der Waals surface area contributed by atoms with Crippen LogP contribution in [-0.4, -0.2) is 77.3 Å². The minimum absolute atomic E-state index is 0.141. The molecule has 2 aromatic carbocycles. The van der Waals surface area contributed by atoms with Gasteiger partial charge in [-0.15, -0.1) is 0 Å². The molecule has 1 saturated heterocycles. The number of nitrogens with zero attached hydrogens (tertiary/aromatic N) is 2. The molecule has 0 aliphatic carbocycles. The highest BCUT2D eigenvalue weighted by atomic mass is 16.6. The van der Waals surface area contributed by atoms with Gasteiger partial charge in [0.2, 0.25) is 17.8 Å². The van der Waals surface area contributed by atoms with Crippen molar-refractivity contribution in [3.63, 3.8) is 0 Å². The van der Waals surface area contributed by atoms with Crippen molar-refractivity contribution in [1.29, 1.82) is 0 Å². The molecule has 11 nitrogen and oxygen atoms in total. The van der Waals surface area contributed by atoms with E-state index >= 15 is 0 Å². The molecule has 0 bridgehead atoms. The first kappa shape index (κ1) is 31.6. The Morgan fingerprint density at radius 1 is 0.953 bits per heavy atom. The number of nitrogens with one attached hydrogen (secondary N) is 2. The molecule has 0 radical (unpaired) electrons. The standard InChI is InChI=1S/C32H40N4O7/c1-20-17-18-35(6)36(20)29(38)28-26(33-21(2)37)24(34-31(40)43-32(3,4)5)19-25(41-28)30(39)42-27(22-13-9-7-10-14-22)23-15-11-8-12-16-23/h7-16,19-20,24,26-28H,17-18H2,1-6H3,(H,33,37)(H,34,40)/t20?,24-,26+,28+/m0/s1. The molecule has 4 rings (SSSR count). The quantitative estimate of drug-likeness (QED) is 0.468. The van der Waals surface area contributed by atoms with Gasteiger partial charge in [-0.05, 0) is 51.3 Å². The fraction of sp³-hybridized carbons (Fsp3) is 0.438. The summed E-state index contributed by atoms with van der Waals surface area (Å²) in [5.74, 6) is -2.02. The monoisotopic (exact) mass is 592 g/mol. The second-order valence-corrected chi connectivity index (χ2v) is 11.8. The van der Waals surface area contributed by atoms with E-state index in [1.54, 1.807) is 37.8 Å². The summed E-state index contributed by atoms with van der Waals surface area (Å²) in [6, 6.07) is 16.3. The number of hydrogen-bond acceptors (Lipinski definition) is 8. The van der Waals surface area contributed by atoms with Crippen LogP contribution >= 0.6 is 0 Å². The molecule has 43 heavy (non-hydrogen) atoms. The number of carbonyl (C=O) groups is 4. The third-order valence-electron chi connectivity index (χ3n) is 7.11. The number of rotatable bonds is 7. The van der Waals surface area contributed by atoms with Crippen molar-refractivity contribution >= 4 is 23.9 Å². The summed E-state index contributed by atoms with van der Waals surface area (Å²) in [5, 5.41) is 8.77.